The topological polar surface area (TPSA) is 67.4 Å². The number of urea groups is 1. The van der Waals surface area contributed by atoms with Crippen molar-refractivity contribution in [2.24, 2.45) is 0 Å². The molecule has 0 saturated heterocycles. The predicted octanol–water partition coefficient (Wildman–Crippen LogP) is 2.74. The maximum Gasteiger partial charge on any atom is 0.325 e. The first-order chi connectivity index (χ1) is 11.0. The highest BCUT2D eigenvalue weighted by Crippen LogP contribution is 2.38. The van der Waals surface area contributed by atoms with Gasteiger partial charge in [-0.3, -0.25) is 4.79 Å². The SMILES string of the molecule is CC(C)OC(=O)CNC(=O)Nc1c2c(cc3c1CCC3)CCC2. The summed E-state index contributed by atoms with van der Waals surface area (Å²) in [5.74, 6) is -0.418. The molecule has 2 aliphatic carbocycles. The average Bonchev–Trinajstić information content (AvgIpc) is 3.12. The van der Waals surface area contributed by atoms with Crippen LogP contribution in [0.1, 0.15) is 48.9 Å². The number of benzene rings is 1. The van der Waals surface area contributed by atoms with Crippen molar-refractivity contribution in [1.82, 2.24) is 5.32 Å². The van der Waals surface area contributed by atoms with E-state index in [2.05, 4.69) is 16.7 Å². The third-order valence-corrected chi connectivity index (χ3v) is 4.47. The Morgan fingerprint density at radius 3 is 2.26 bits per heavy atom. The lowest BCUT2D eigenvalue weighted by Crippen LogP contribution is -2.35. The van der Waals surface area contributed by atoms with Crippen LogP contribution >= 0.6 is 0 Å². The van der Waals surface area contributed by atoms with Crippen molar-refractivity contribution in [3.63, 3.8) is 0 Å². The molecule has 2 aliphatic rings. The second kappa shape index (κ2) is 6.60. The molecular weight excluding hydrogens is 292 g/mol. The Labute approximate surface area is 136 Å². The second-order valence-corrected chi connectivity index (χ2v) is 6.58. The Balaban J connectivity index is 1.68. The molecular formula is C18H24N2O3. The normalized spacial score (nSPS) is 15.3. The van der Waals surface area contributed by atoms with E-state index in [0.717, 1.165) is 44.2 Å². The van der Waals surface area contributed by atoms with Crippen LogP contribution in [0.15, 0.2) is 6.07 Å². The van der Waals surface area contributed by atoms with Crippen LogP contribution in [0.3, 0.4) is 0 Å². The summed E-state index contributed by atoms with van der Waals surface area (Å²) in [6.45, 7) is 3.46. The molecule has 0 aromatic heterocycles. The molecule has 0 aliphatic heterocycles. The van der Waals surface area contributed by atoms with Crippen molar-refractivity contribution < 1.29 is 14.3 Å². The van der Waals surface area contributed by atoms with Crippen LogP contribution in [0.4, 0.5) is 10.5 Å². The summed E-state index contributed by atoms with van der Waals surface area (Å²) in [5.41, 5.74) is 6.30. The number of fused-ring (bicyclic) bond motifs is 2. The number of nitrogens with one attached hydrogen (secondary N) is 2. The molecule has 0 fully saturated rings. The lowest BCUT2D eigenvalue weighted by atomic mass is 9.99. The van der Waals surface area contributed by atoms with Gasteiger partial charge >= 0.3 is 12.0 Å². The fourth-order valence-corrected chi connectivity index (χ4v) is 3.58. The van der Waals surface area contributed by atoms with Crippen molar-refractivity contribution in [2.75, 3.05) is 11.9 Å². The zero-order valence-corrected chi connectivity index (χ0v) is 13.8. The van der Waals surface area contributed by atoms with Gasteiger partial charge in [-0.25, -0.2) is 4.79 Å². The maximum atomic E-state index is 12.2. The van der Waals surface area contributed by atoms with Crippen molar-refractivity contribution in [2.45, 2.75) is 58.5 Å². The molecule has 23 heavy (non-hydrogen) atoms. The van der Waals surface area contributed by atoms with Crippen molar-refractivity contribution in [3.8, 4) is 0 Å². The Bertz CT molecular complexity index is 605. The van der Waals surface area contributed by atoms with Gasteiger partial charge in [-0.2, -0.15) is 0 Å². The molecule has 124 valence electrons. The molecule has 0 spiro atoms. The van der Waals surface area contributed by atoms with Crippen LogP contribution in [0, 0.1) is 0 Å². The van der Waals surface area contributed by atoms with E-state index < -0.39 is 5.97 Å². The zero-order valence-electron chi connectivity index (χ0n) is 13.8. The van der Waals surface area contributed by atoms with E-state index in [0.29, 0.717) is 0 Å². The number of rotatable bonds is 4. The quantitative estimate of drug-likeness (QED) is 0.839. The molecule has 0 unspecified atom stereocenters. The Morgan fingerprint density at radius 1 is 1.09 bits per heavy atom. The third kappa shape index (κ3) is 3.49. The largest absolute Gasteiger partial charge is 0.462 e. The molecule has 0 bridgehead atoms. The molecule has 0 radical (unpaired) electrons. The number of anilines is 1. The summed E-state index contributed by atoms with van der Waals surface area (Å²) >= 11 is 0. The summed E-state index contributed by atoms with van der Waals surface area (Å²) in [6, 6.07) is 1.99. The van der Waals surface area contributed by atoms with Gasteiger partial charge in [0.05, 0.1) is 6.10 Å². The van der Waals surface area contributed by atoms with E-state index in [-0.39, 0.29) is 18.7 Å². The number of ether oxygens (including phenoxy) is 1. The highest BCUT2D eigenvalue weighted by molar-refractivity contribution is 5.93. The zero-order chi connectivity index (χ0) is 16.4. The minimum absolute atomic E-state index is 0.110. The summed E-state index contributed by atoms with van der Waals surface area (Å²) in [7, 11) is 0. The number of hydrogen-bond donors (Lipinski definition) is 2. The minimum Gasteiger partial charge on any atom is -0.462 e. The monoisotopic (exact) mass is 316 g/mol. The standard InChI is InChI=1S/C18H24N2O3/c1-11(2)23-16(21)10-19-18(22)20-17-14-7-3-5-12(14)9-13-6-4-8-15(13)17/h9,11H,3-8,10H2,1-2H3,(H2,19,20,22). The van der Waals surface area contributed by atoms with E-state index in [4.69, 9.17) is 4.74 Å². The smallest absolute Gasteiger partial charge is 0.325 e. The molecule has 3 rings (SSSR count). The highest BCUT2D eigenvalue weighted by Gasteiger charge is 2.25. The van der Waals surface area contributed by atoms with Gasteiger partial charge in [-0.1, -0.05) is 6.07 Å². The average molecular weight is 316 g/mol. The van der Waals surface area contributed by atoms with E-state index in [1.165, 1.54) is 22.3 Å². The van der Waals surface area contributed by atoms with Gasteiger partial charge in [0, 0.05) is 5.69 Å². The lowest BCUT2D eigenvalue weighted by Gasteiger charge is -2.16. The number of hydrogen-bond acceptors (Lipinski definition) is 3. The van der Waals surface area contributed by atoms with Gasteiger partial charge in [0.15, 0.2) is 0 Å². The number of amides is 2. The van der Waals surface area contributed by atoms with Gasteiger partial charge < -0.3 is 15.4 Å². The Hall–Kier alpha value is -2.04. The molecule has 2 amide bonds. The fourth-order valence-electron chi connectivity index (χ4n) is 3.58. The summed E-state index contributed by atoms with van der Waals surface area (Å²) in [5, 5.41) is 5.59. The first kappa shape index (κ1) is 15.8. The van der Waals surface area contributed by atoms with Gasteiger partial charge in [0.25, 0.3) is 0 Å². The Morgan fingerprint density at radius 2 is 1.70 bits per heavy atom. The maximum absolute atomic E-state index is 12.2. The lowest BCUT2D eigenvalue weighted by molar-refractivity contribution is -0.146. The number of carbonyl (C=O) groups is 2. The van der Waals surface area contributed by atoms with Gasteiger partial charge in [0.1, 0.15) is 6.54 Å². The fraction of sp³-hybridized carbons (Fsp3) is 0.556. The summed E-state index contributed by atoms with van der Waals surface area (Å²) in [6.07, 6.45) is 6.36. The van der Waals surface area contributed by atoms with Gasteiger partial charge in [-0.15, -0.1) is 0 Å². The molecule has 5 heteroatoms. The van der Waals surface area contributed by atoms with E-state index in [9.17, 15) is 9.59 Å². The van der Waals surface area contributed by atoms with Crippen molar-refractivity contribution in [1.29, 1.82) is 0 Å². The molecule has 2 N–H and O–H groups in total. The number of esters is 1. The number of aryl methyl sites for hydroxylation is 2. The van der Waals surface area contributed by atoms with Crippen LogP contribution in [0.25, 0.3) is 0 Å². The van der Waals surface area contributed by atoms with E-state index in [1.54, 1.807) is 13.8 Å². The summed E-state index contributed by atoms with van der Waals surface area (Å²) in [4.78, 5) is 23.7. The predicted molar refractivity (Wildman–Crippen MR) is 88.7 cm³/mol. The van der Waals surface area contributed by atoms with Crippen molar-refractivity contribution in [3.05, 3.63) is 28.3 Å². The molecule has 0 heterocycles. The molecule has 1 aromatic rings. The van der Waals surface area contributed by atoms with Crippen LogP contribution in [-0.4, -0.2) is 24.6 Å². The third-order valence-electron chi connectivity index (χ3n) is 4.47. The highest BCUT2D eigenvalue weighted by atomic mass is 16.5. The Kier molecular flexibility index (Phi) is 4.55. The van der Waals surface area contributed by atoms with Crippen LogP contribution in [0.2, 0.25) is 0 Å². The van der Waals surface area contributed by atoms with Gasteiger partial charge in [-0.05, 0) is 74.6 Å². The van der Waals surface area contributed by atoms with E-state index in [1.807, 2.05) is 0 Å². The molecule has 1 aromatic carbocycles. The second-order valence-electron chi connectivity index (χ2n) is 6.58. The van der Waals surface area contributed by atoms with Crippen molar-refractivity contribution >= 4 is 17.7 Å². The van der Waals surface area contributed by atoms with E-state index >= 15 is 0 Å². The number of carbonyl (C=O) groups excluding carboxylic acids is 2. The van der Waals surface area contributed by atoms with Crippen LogP contribution in [-0.2, 0) is 35.2 Å². The van der Waals surface area contributed by atoms with Gasteiger partial charge in [0.2, 0.25) is 0 Å². The molecule has 5 nitrogen and oxygen atoms in total. The first-order valence-corrected chi connectivity index (χ1v) is 8.45. The van der Waals surface area contributed by atoms with Crippen LogP contribution < -0.4 is 10.6 Å². The summed E-state index contributed by atoms with van der Waals surface area (Å²) < 4.78 is 5.02. The molecule has 0 atom stereocenters. The first-order valence-electron chi connectivity index (χ1n) is 8.45. The molecule has 0 saturated carbocycles. The van der Waals surface area contributed by atoms with Crippen LogP contribution in [0.5, 0.6) is 0 Å². The minimum atomic E-state index is -0.418.